The number of para-hydroxylation sites is 1. The number of H-pyrrole nitrogens is 1. The third-order valence-electron chi connectivity index (χ3n) is 2.28. The lowest BCUT2D eigenvalue weighted by atomic mass is 10.2. The number of aromatic amines is 1. The van der Waals surface area contributed by atoms with E-state index in [0.717, 1.165) is 0 Å². The van der Waals surface area contributed by atoms with Crippen molar-refractivity contribution >= 4 is 12.2 Å². The predicted octanol–water partition coefficient (Wildman–Crippen LogP) is 0.331. The van der Waals surface area contributed by atoms with Gasteiger partial charge in [0, 0.05) is 5.56 Å². The molecule has 1 heterocycles. The van der Waals surface area contributed by atoms with Crippen LogP contribution in [0.3, 0.4) is 0 Å². The van der Waals surface area contributed by atoms with E-state index in [-0.39, 0.29) is 28.7 Å². The zero-order valence-electron chi connectivity index (χ0n) is 9.95. The minimum atomic E-state index is -0.368. The van der Waals surface area contributed by atoms with Crippen molar-refractivity contribution < 1.29 is 10.2 Å². The minimum Gasteiger partial charge on any atom is -0.504 e. The van der Waals surface area contributed by atoms with Crippen LogP contribution < -0.4 is 11.0 Å². The summed E-state index contributed by atoms with van der Waals surface area (Å²) in [6.07, 6.45) is 1.27. The topological polar surface area (TPSA) is 123 Å². The molecule has 1 aromatic carbocycles. The van der Waals surface area contributed by atoms with E-state index in [1.54, 1.807) is 12.1 Å². The summed E-state index contributed by atoms with van der Waals surface area (Å²) in [4.78, 5) is 13.7. The monoisotopic (exact) mass is 261 g/mol. The quantitative estimate of drug-likeness (QED) is 0.358. The van der Waals surface area contributed by atoms with Crippen molar-refractivity contribution in [2.24, 2.45) is 5.10 Å². The Labute approximate surface area is 107 Å². The van der Waals surface area contributed by atoms with Gasteiger partial charge in [-0.3, -0.25) is 9.78 Å². The molecule has 0 fully saturated rings. The number of phenolic OH excluding ortho intramolecular Hbond substituents is 2. The number of aryl methyl sites for hydroxylation is 1. The van der Waals surface area contributed by atoms with E-state index in [1.807, 2.05) is 0 Å². The molecule has 0 radical (unpaired) electrons. The van der Waals surface area contributed by atoms with Crippen LogP contribution in [0.15, 0.2) is 28.1 Å². The summed E-state index contributed by atoms with van der Waals surface area (Å²) >= 11 is 0. The van der Waals surface area contributed by atoms with Gasteiger partial charge in [-0.2, -0.15) is 5.10 Å². The Morgan fingerprint density at radius 2 is 2.16 bits per heavy atom. The van der Waals surface area contributed by atoms with Gasteiger partial charge in [0.05, 0.1) is 6.21 Å². The highest BCUT2D eigenvalue weighted by molar-refractivity contribution is 5.85. The summed E-state index contributed by atoms with van der Waals surface area (Å²) in [5.41, 5.74) is 2.65. The van der Waals surface area contributed by atoms with Crippen molar-refractivity contribution in [2.75, 3.05) is 5.43 Å². The Morgan fingerprint density at radius 3 is 2.89 bits per heavy atom. The fourth-order valence-corrected chi connectivity index (χ4v) is 1.26. The van der Waals surface area contributed by atoms with Gasteiger partial charge in [0.1, 0.15) is 5.69 Å². The van der Waals surface area contributed by atoms with Gasteiger partial charge < -0.3 is 10.2 Å². The highest BCUT2D eigenvalue weighted by Crippen LogP contribution is 2.26. The summed E-state index contributed by atoms with van der Waals surface area (Å²) < 4.78 is 0. The molecule has 0 aliphatic carbocycles. The van der Waals surface area contributed by atoms with Gasteiger partial charge >= 0.3 is 0 Å². The molecule has 98 valence electrons. The van der Waals surface area contributed by atoms with Crippen LogP contribution in [0, 0.1) is 6.92 Å². The van der Waals surface area contributed by atoms with Gasteiger partial charge in [0.25, 0.3) is 5.56 Å². The normalized spacial score (nSPS) is 10.8. The fourth-order valence-electron chi connectivity index (χ4n) is 1.26. The standard InChI is InChI=1S/C11H11N5O3/c1-6-10(19)13-11(16-14-6)15-12-5-7-3-2-4-8(17)9(7)18/h2-5,17-18H,1H3,(H2,13,15,16,19)/b12-5+. The first-order valence-electron chi connectivity index (χ1n) is 5.31. The number of nitrogens with one attached hydrogen (secondary N) is 2. The van der Waals surface area contributed by atoms with Crippen LogP contribution in [0.5, 0.6) is 11.5 Å². The van der Waals surface area contributed by atoms with Gasteiger partial charge in [0.15, 0.2) is 11.5 Å². The van der Waals surface area contributed by atoms with Gasteiger partial charge in [-0.25, -0.2) is 5.43 Å². The summed E-state index contributed by atoms with van der Waals surface area (Å²) in [7, 11) is 0. The van der Waals surface area contributed by atoms with Crippen molar-refractivity contribution in [3.63, 3.8) is 0 Å². The third kappa shape index (κ3) is 2.86. The smallest absolute Gasteiger partial charge is 0.274 e. The second-order valence-corrected chi connectivity index (χ2v) is 3.67. The maximum Gasteiger partial charge on any atom is 0.274 e. The van der Waals surface area contributed by atoms with E-state index < -0.39 is 0 Å². The molecule has 1 aromatic heterocycles. The maximum atomic E-state index is 11.2. The summed E-state index contributed by atoms with van der Waals surface area (Å²) in [6.45, 7) is 1.53. The number of aromatic nitrogens is 3. The number of nitrogens with zero attached hydrogens (tertiary/aromatic N) is 3. The molecule has 0 amide bonds. The van der Waals surface area contributed by atoms with E-state index in [0.29, 0.717) is 5.56 Å². The number of phenols is 2. The first-order valence-corrected chi connectivity index (χ1v) is 5.31. The fraction of sp³-hybridized carbons (Fsp3) is 0.0909. The molecule has 2 rings (SSSR count). The Hall–Kier alpha value is -2.90. The Balaban J connectivity index is 2.13. The first-order chi connectivity index (χ1) is 9.08. The van der Waals surface area contributed by atoms with Crippen LogP contribution in [0.1, 0.15) is 11.3 Å². The first kappa shape index (κ1) is 12.6. The zero-order valence-corrected chi connectivity index (χ0v) is 9.95. The molecule has 0 aliphatic heterocycles. The molecule has 0 aliphatic rings. The van der Waals surface area contributed by atoms with Gasteiger partial charge in [0.2, 0.25) is 5.95 Å². The number of benzene rings is 1. The summed E-state index contributed by atoms with van der Waals surface area (Å²) in [5.74, 6) is -0.449. The summed E-state index contributed by atoms with van der Waals surface area (Å²) in [5, 5.41) is 29.9. The lowest BCUT2D eigenvalue weighted by Crippen LogP contribution is -2.15. The van der Waals surface area contributed by atoms with Crippen molar-refractivity contribution in [3.8, 4) is 11.5 Å². The molecule has 0 saturated carbocycles. The van der Waals surface area contributed by atoms with Crippen molar-refractivity contribution in [2.45, 2.75) is 6.92 Å². The number of anilines is 1. The predicted molar refractivity (Wildman–Crippen MR) is 68.4 cm³/mol. The average Bonchev–Trinajstić information content (AvgIpc) is 2.39. The number of aromatic hydroxyl groups is 2. The average molecular weight is 261 g/mol. The van der Waals surface area contributed by atoms with E-state index in [1.165, 1.54) is 19.2 Å². The van der Waals surface area contributed by atoms with Crippen LogP contribution in [-0.2, 0) is 0 Å². The van der Waals surface area contributed by atoms with E-state index in [2.05, 4.69) is 25.7 Å². The number of hydrogen-bond acceptors (Lipinski definition) is 7. The molecule has 0 atom stereocenters. The molecule has 0 spiro atoms. The number of hydrogen-bond donors (Lipinski definition) is 4. The molecule has 0 saturated heterocycles. The minimum absolute atomic E-state index is 0.0755. The van der Waals surface area contributed by atoms with Crippen molar-refractivity contribution in [3.05, 3.63) is 39.8 Å². The SMILES string of the molecule is Cc1nnc(N/N=C/c2cccc(O)c2O)[nH]c1=O. The van der Waals surface area contributed by atoms with Crippen LogP contribution in [0.25, 0.3) is 0 Å². The lowest BCUT2D eigenvalue weighted by molar-refractivity contribution is 0.403. The van der Waals surface area contributed by atoms with Gasteiger partial charge in [-0.15, -0.1) is 10.2 Å². The Morgan fingerprint density at radius 1 is 1.37 bits per heavy atom. The van der Waals surface area contributed by atoms with E-state index in [4.69, 9.17) is 0 Å². The van der Waals surface area contributed by atoms with Gasteiger partial charge in [-0.05, 0) is 19.1 Å². The Kier molecular flexibility index (Phi) is 3.42. The van der Waals surface area contributed by atoms with Crippen molar-refractivity contribution in [1.29, 1.82) is 0 Å². The molecule has 4 N–H and O–H groups in total. The summed E-state index contributed by atoms with van der Waals surface area (Å²) in [6, 6.07) is 4.47. The lowest BCUT2D eigenvalue weighted by Gasteiger charge is -2.01. The molecule has 8 nitrogen and oxygen atoms in total. The van der Waals surface area contributed by atoms with Crippen LogP contribution in [0.4, 0.5) is 5.95 Å². The largest absolute Gasteiger partial charge is 0.504 e. The molecule has 8 heteroatoms. The van der Waals surface area contributed by atoms with Crippen LogP contribution in [-0.4, -0.2) is 31.6 Å². The maximum absolute atomic E-state index is 11.2. The second kappa shape index (κ2) is 5.17. The number of rotatable bonds is 3. The molecule has 0 bridgehead atoms. The van der Waals surface area contributed by atoms with E-state index >= 15 is 0 Å². The molecular weight excluding hydrogens is 250 g/mol. The zero-order chi connectivity index (χ0) is 13.8. The highest BCUT2D eigenvalue weighted by atomic mass is 16.3. The molecule has 0 unspecified atom stereocenters. The van der Waals surface area contributed by atoms with Crippen LogP contribution in [0.2, 0.25) is 0 Å². The molecule has 19 heavy (non-hydrogen) atoms. The highest BCUT2D eigenvalue weighted by Gasteiger charge is 2.03. The van der Waals surface area contributed by atoms with Gasteiger partial charge in [-0.1, -0.05) is 6.07 Å². The van der Waals surface area contributed by atoms with Crippen LogP contribution >= 0.6 is 0 Å². The third-order valence-corrected chi connectivity index (χ3v) is 2.28. The van der Waals surface area contributed by atoms with Crippen molar-refractivity contribution in [1.82, 2.24) is 15.2 Å². The van der Waals surface area contributed by atoms with E-state index in [9.17, 15) is 15.0 Å². The number of hydrazone groups is 1. The molecular formula is C11H11N5O3. The molecule has 2 aromatic rings. The Bertz CT molecular complexity index is 680. The second-order valence-electron chi connectivity index (χ2n) is 3.67.